The normalized spacial score (nSPS) is 14.2. The van der Waals surface area contributed by atoms with Crippen LogP contribution >= 0.6 is 0 Å². The Morgan fingerprint density at radius 1 is 1.00 bits per heavy atom. The van der Waals surface area contributed by atoms with Crippen molar-refractivity contribution in [2.45, 2.75) is 26.7 Å². The van der Waals surface area contributed by atoms with Crippen molar-refractivity contribution in [2.75, 3.05) is 37.6 Å². The summed E-state index contributed by atoms with van der Waals surface area (Å²) in [7, 11) is 0. The third-order valence-electron chi connectivity index (χ3n) is 6.42. The van der Waals surface area contributed by atoms with E-state index in [2.05, 4.69) is 22.3 Å². The van der Waals surface area contributed by atoms with Crippen molar-refractivity contribution in [1.29, 1.82) is 0 Å². The third kappa shape index (κ3) is 4.86. The number of aryl methyl sites for hydroxylation is 1. The second kappa shape index (κ2) is 10.3. The topological polar surface area (TPSA) is 79.2 Å². The molecular weight excluding hydrogens is 457 g/mol. The molecule has 3 heterocycles. The molecular formula is C27H30FN7O. The minimum Gasteiger partial charge on any atom is -0.354 e. The molecule has 2 aromatic heterocycles. The van der Waals surface area contributed by atoms with E-state index in [-0.39, 0.29) is 11.8 Å². The highest BCUT2D eigenvalue weighted by Crippen LogP contribution is 2.30. The van der Waals surface area contributed by atoms with Gasteiger partial charge in [-0.2, -0.15) is 5.10 Å². The van der Waals surface area contributed by atoms with Crippen molar-refractivity contribution in [2.24, 2.45) is 0 Å². The summed E-state index contributed by atoms with van der Waals surface area (Å²) in [4.78, 5) is 26.5. The highest BCUT2D eigenvalue weighted by atomic mass is 19.1. The number of anilines is 1. The van der Waals surface area contributed by atoms with Crippen LogP contribution in [-0.2, 0) is 6.42 Å². The first kappa shape index (κ1) is 23.7. The van der Waals surface area contributed by atoms with Gasteiger partial charge in [-0.3, -0.25) is 0 Å². The van der Waals surface area contributed by atoms with Gasteiger partial charge in [0.15, 0.2) is 5.65 Å². The number of aromatic nitrogens is 4. The van der Waals surface area contributed by atoms with E-state index in [1.54, 1.807) is 16.8 Å². The molecule has 186 valence electrons. The van der Waals surface area contributed by atoms with E-state index in [0.717, 1.165) is 41.1 Å². The van der Waals surface area contributed by atoms with Crippen LogP contribution in [0.2, 0.25) is 0 Å². The van der Waals surface area contributed by atoms with E-state index in [4.69, 9.17) is 15.1 Å². The number of benzene rings is 2. The van der Waals surface area contributed by atoms with Crippen LogP contribution in [-0.4, -0.2) is 63.4 Å². The summed E-state index contributed by atoms with van der Waals surface area (Å²) in [6, 6.07) is 16.4. The van der Waals surface area contributed by atoms with Gasteiger partial charge in [-0.25, -0.2) is 23.8 Å². The largest absolute Gasteiger partial charge is 0.354 e. The zero-order valence-electron chi connectivity index (χ0n) is 20.6. The summed E-state index contributed by atoms with van der Waals surface area (Å²) in [5, 5.41) is 8.55. The smallest absolute Gasteiger partial charge is 0.317 e. The molecule has 5 rings (SSSR count). The first-order valence-corrected chi connectivity index (χ1v) is 12.4. The second-order valence-corrected chi connectivity index (χ2v) is 8.96. The number of hydrogen-bond donors (Lipinski definition) is 1. The van der Waals surface area contributed by atoms with Gasteiger partial charge in [-0.05, 0) is 50.1 Å². The zero-order valence-corrected chi connectivity index (χ0v) is 20.6. The number of nitrogens with zero attached hydrogens (tertiary/aromatic N) is 6. The van der Waals surface area contributed by atoms with Crippen LogP contribution in [0, 0.1) is 12.7 Å². The van der Waals surface area contributed by atoms with E-state index in [1.165, 1.54) is 12.1 Å². The maximum atomic E-state index is 13.6. The molecule has 0 spiro atoms. The number of urea groups is 1. The standard InChI is InChI=1S/C27H30FN7O/c1-3-29-27(36)34-15-7-14-33(16-17-34)25-24-19(2)32-35(22-12-10-21(28)11-13-22)26(24)31-23(30-25)18-20-8-5-4-6-9-20/h4-6,8-13H,3,7,14-18H2,1-2H3,(H,29,36). The predicted molar refractivity (Wildman–Crippen MR) is 138 cm³/mol. The number of halogens is 1. The predicted octanol–water partition coefficient (Wildman–Crippen LogP) is 4.10. The number of carbonyl (C=O) groups is 1. The SMILES string of the molecule is CCNC(=O)N1CCCN(c2nc(Cc3ccccc3)nc3c2c(C)nn3-c2ccc(F)cc2)CC1. The molecule has 2 amide bonds. The number of amides is 2. The Hall–Kier alpha value is -4.01. The molecule has 0 saturated carbocycles. The Kier molecular flexibility index (Phi) is 6.79. The van der Waals surface area contributed by atoms with Crippen molar-refractivity contribution in [3.05, 3.63) is 77.5 Å². The monoisotopic (exact) mass is 487 g/mol. The molecule has 1 aliphatic heterocycles. The minimum absolute atomic E-state index is 0.0303. The molecule has 0 aliphatic carbocycles. The van der Waals surface area contributed by atoms with Gasteiger partial charge in [-0.1, -0.05) is 30.3 Å². The Morgan fingerprint density at radius 3 is 2.53 bits per heavy atom. The van der Waals surface area contributed by atoms with E-state index in [0.29, 0.717) is 44.1 Å². The molecule has 1 N–H and O–H groups in total. The summed E-state index contributed by atoms with van der Waals surface area (Å²) in [5.74, 6) is 1.22. The molecule has 4 aromatic rings. The van der Waals surface area contributed by atoms with Crippen molar-refractivity contribution < 1.29 is 9.18 Å². The highest BCUT2D eigenvalue weighted by molar-refractivity contribution is 5.91. The minimum atomic E-state index is -0.298. The number of hydrogen-bond acceptors (Lipinski definition) is 5. The lowest BCUT2D eigenvalue weighted by Gasteiger charge is -2.24. The van der Waals surface area contributed by atoms with Gasteiger partial charge < -0.3 is 15.1 Å². The van der Waals surface area contributed by atoms with Gasteiger partial charge in [0.25, 0.3) is 0 Å². The molecule has 1 saturated heterocycles. The van der Waals surface area contributed by atoms with Crippen molar-refractivity contribution in [1.82, 2.24) is 30.0 Å². The second-order valence-electron chi connectivity index (χ2n) is 8.96. The molecule has 0 bridgehead atoms. The summed E-state index contributed by atoms with van der Waals surface area (Å²) in [5.41, 5.74) is 3.36. The van der Waals surface area contributed by atoms with Gasteiger partial charge in [0, 0.05) is 39.1 Å². The Labute approximate surface area is 209 Å². The van der Waals surface area contributed by atoms with Gasteiger partial charge >= 0.3 is 6.03 Å². The lowest BCUT2D eigenvalue weighted by atomic mass is 10.1. The number of carbonyl (C=O) groups excluding carboxylic acids is 1. The molecule has 1 aliphatic rings. The Bertz CT molecular complexity index is 1350. The first-order valence-electron chi connectivity index (χ1n) is 12.4. The summed E-state index contributed by atoms with van der Waals surface area (Å²) >= 11 is 0. The highest BCUT2D eigenvalue weighted by Gasteiger charge is 2.25. The van der Waals surface area contributed by atoms with Crippen LogP contribution in [0.5, 0.6) is 0 Å². The average Bonchev–Trinajstić information content (AvgIpc) is 3.05. The maximum Gasteiger partial charge on any atom is 0.317 e. The molecule has 0 atom stereocenters. The van der Waals surface area contributed by atoms with Crippen LogP contribution in [0.4, 0.5) is 15.0 Å². The zero-order chi connectivity index (χ0) is 25.1. The quantitative estimate of drug-likeness (QED) is 0.459. The van der Waals surface area contributed by atoms with Crippen LogP contribution < -0.4 is 10.2 Å². The summed E-state index contributed by atoms with van der Waals surface area (Å²) in [6.45, 7) is 7.22. The summed E-state index contributed by atoms with van der Waals surface area (Å²) < 4.78 is 15.4. The van der Waals surface area contributed by atoms with E-state index >= 15 is 0 Å². The van der Waals surface area contributed by atoms with Crippen LogP contribution in [0.3, 0.4) is 0 Å². The lowest BCUT2D eigenvalue weighted by molar-refractivity contribution is 0.202. The molecule has 2 aromatic carbocycles. The van der Waals surface area contributed by atoms with Gasteiger partial charge in [0.1, 0.15) is 17.5 Å². The molecule has 0 unspecified atom stereocenters. The molecule has 1 fully saturated rings. The number of nitrogens with one attached hydrogen (secondary N) is 1. The molecule has 36 heavy (non-hydrogen) atoms. The fraction of sp³-hybridized carbons (Fsp3) is 0.333. The fourth-order valence-electron chi connectivity index (χ4n) is 4.65. The van der Waals surface area contributed by atoms with Crippen molar-refractivity contribution in [3.8, 4) is 5.69 Å². The fourth-order valence-corrected chi connectivity index (χ4v) is 4.65. The maximum absolute atomic E-state index is 13.6. The van der Waals surface area contributed by atoms with E-state index in [9.17, 15) is 9.18 Å². The van der Waals surface area contributed by atoms with Crippen LogP contribution in [0.25, 0.3) is 16.7 Å². The average molecular weight is 488 g/mol. The molecule has 0 radical (unpaired) electrons. The van der Waals surface area contributed by atoms with Crippen molar-refractivity contribution in [3.63, 3.8) is 0 Å². The van der Waals surface area contributed by atoms with Gasteiger partial charge in [0.05, 0.1) is 16.8 Å². The summed E-state index contributed by atoms with van der Waals surface area (Å²) in [6.07, 6.45) is 1.41. The number of fused-ring (bicyclic) bond motifs is 1. The number of rotatable bonds is 5. The Morgan fingerprint density at radius 2 is 1.78 bits per heavy atom. The van der Waals surface area contributed by atoms with Crippen molar-refractivity contribution >= 4 is 22.9 Å². The first-order chi connectivity index (χ1) is 17.5. The van der Waals surface area contributed by atoms with Crippen LogP contribution in [0.1, 0.15) is 30.4 Å². The van der Waals surface area contributed by atoms with Gasteiger partial charge in [-0.15, -0.1) is 0 Å². The third-order valence-corrected chi connectivity index (χ3v) is 6.42. The van der Waals surface area contributed by atoms with Gasteiger partial charge in [0.2, 0.25) is 0 Å². The lowest BCUT2D eigenvalue weighted by Crippen LogP contribution is -2.42. The Balaban J connectivity index is 1.58. The molecule has 9 heteroatoms. The molecule has 8 nitrogen and oxygen atoms in total. The van der Waals surface area contributed by atoms with E-state index < -0.39 is 0 Å². The van der Waals surface area contributed by atoms with E-state index in [1.807, 2.05) is 36.9 Å². The van der Waals surface area contributed by atoms with Crippen LogP contribution in [0.15, 0.2) is 54.6 Å².